The van der Waals surface area contributed by atoms with Gasteiger partial charge in [-0.2, -0.15) is 0 Å². The molecule has 0 spiro atoms. The SMILES string of the molecule is COCOc1cc(OCOC)c(C(C)C)cc1-c1nnc(S(=O)(=O)CC(=O)N(C)C)n1-c1ccc(OC)cc1. The Hall–Kier alpha value is -3.68. The Bertz CT molecular complexity index is 1390. The van der Waals surface area contributed by atoms with Gasteiger partial charge in [-0.1, -0.05) is 13.8 Å². The molecule has 12 nitrogen and oxygen atoms in total. The van der Waals surface area contributed by atoms with Crippen molar-refractivity contribution in [2.24, 2.45) is 0 Å². The van der Waals surface area contributed by atoms with E-state index in [9.17, 15) is 13.2 Å². The summed E-state index contributed by atoms with van der Waals surface area (Å²) in [6, 6.07) is 10.2. The van der Waals surface area contributed by atoms with Crippen LogP contribution < -0.4 is 14.2 Å². The summed E-state index contributed by atoms with van der Waals surface area (Å²) >= 11 is 0. The molecule has 2 aromatic carbocycles. The monoisotopic (exact) mass is 562 g/mol. The van der Waals surface area contributed by atoms with Gasteiger partial charge in [-0.3, -0.25) is 9.36 Å². The van der Waals surface area contributed by atoms with Gasteiger partial charge in [0.1, 0.15) is 23.0 Å². The lowest BCUT2D eigenvalue weighted by Gasteiger charge is -2.19. The van der Waals surface area contributed by atoms with Gasteiger partial charge in [0.25, 0.3) is 5.16 Å². The van der Waals surface area contributed by atoms with Crippen molar-refractivity contribution >= 4 is 15.7 Å². The number of aromatic nitrogens is 3. The van der Waals surface area contributed by atoms with E-state index in [1.165, 1.54) is 44.9 Å². The predicted molar refractivity (Wildman–Crippen MR) is 143 cm³/mol. The maximum atomic E-state index is 13.4. The topological polar surface area (TPSA) is 131 Å². The number of hydrogen-bond donors (Lipinski definition) is 0. The third-order valence-corrected chi connectivity index (χ3v) is 7.14. The van der Waals surface area contributed by atoms with Crippen molar-refractivity contribution in [2.45, 2.75) is 24.9 Å². The van der Waals surface area contributed by atoms with Crippen LogP contribution in [0.1, 0.15) is 25.3 Å². The van der Waals surface area contributed by atoms with E-state index in [0.717, 1.165) is 5.56 Å². The third-order valence-electron chi connectivity index (χ3n) is 5.69. The Balaban J connectivity index is 2.32. The van der Waals surface area contributed by atoms with Crippen molar-refractivity contribution in [3.05, 3.63) is 42.0 Å². The minimum Gasteiger partial charge on any atom is -0.497 e. The summed E-state index contributed by atoms with van der Waals surface area (Å²) in [5.41, 5.74) is 1.70. The van der Waals surface area contributed by atoms with Crippen LogP contribution in [0.15, 0.2) is 41.6 Å². The fourth-order valence-electron chi connectivity index (χ4n) is 3.66. The van der Waals surface area contributed by atoms with Gasteiger partial charge < -0.3 is 28.6 Å². The van der Waals surface area contributed by atoms with Crippen molar-refractivity contribution in [3.8, 4) is 34.3 Å². The Morgan fingerprint density at radius 2 is 1.56 bits per heavy atom. The van der Waals surface area contributed by atoms with Crippen molar-refractivity contribution in [2.75, 3.05) is 54.8 Å². The van der Waals surface area contributed by atoms with Crippen molar-refractivity contribution in [1.29, 1.82) is 0 Å². The third kappa shape index (κ3) is 6.85. The fraction of sp³-hybridized carbons (Fsp3) is 0.423. The van der Waals surface area contributed by atoms with E-state index in [2.05, 4.69) is 10.2 Å². The number of benzene rings is 2. The number of hydrogen-bond acceptors (Lipinski definition) is 10. The molecule has 13 heteroatoms. The zero-order valence-electron chi connectivity index (χ0n) is 23.1. The number of rotatable bonds is 13. The van der Waals surface area contributed by atoms with Crippen LogP contribution in [-0.4, -0.2) is 88.8 Å². The van der Waals surface area contributed by atoms with Gasteiger partial charge >= 0.3 is 0 Å². The fourth-order valence-corrected chi connectivity index (χ4v) is 5.01. The van der Waals surface area contributed by atoms with Crippen LogP contribution in [0.2, 0.25) is 0 Å². The molecule has 0 saturated heterocycles. The molecular formula is C26H34N4O8S. The second-order valence-electron chi connectivity index (χ2n) is 9.03. The highest BCUT2D eigenvalue weighted by Crippen LogP contribution is 2.40. The van der Waals surface area contributed by atoms with Crippen LogP contribution in [0, 0.1) is 0 Å². The highest BCUT2D eigenvalue weighted by Gasteiger charge is 2.31. The summed E-state index contributed by atoms with van der Waals surface area (Å²) < 4.78 is 55.4. The van der Waals surface area contributed by atoms with Gasteiger partial charge in [0.05, 0.1) is 18.4 Å². The standard InChI is InChI=1S/C26H34N4O8S/c1-17(2)20-12-21(23(38-16-35-6)13-22(20)37-15-34-5)25-27-28-26(39(32,33)14-24(31)29(3)4)30(25)18-8-10-19(36-7)11-9-18/h8-13,17H,14-16H2,1-7H3. The van der Waals surface area contributed by atoms with Crippen LogP contribution >= 0.6 is 0 Å². The van der Waals surface area contributed by atoms with Crippen LogP contribution in [-0.2, 0) is 24.1 Å². The molecule has 0 radical (unpaired) electrons. The molecule has 3 aromatic rings. The molecule has 1 aromatic heterocycles. The van der Waals surface area contributed by atoms with Crippen LogP contribution in [0.5, 0.6) is 17.2 Å². The molecule has 3 rings (SSSR count). The van der Waals surface area contributed by atoms with Gasteiger partial charge in [-0.05, 0) is 41.8 Å². The first-order valence-corrected chi connectivity index (χ1v) is 13.6. The largest absolute Gasteiger partial charge is 0.497 e. The van der Waals surface area contributed by atoms with Crippen LogP contribution in [0.4, 0.5) is 0 Å². The molecule has 0 atom stereocenters. The summed E-state index contributed by atoms with van der Waals surface area (Å²) in [5.74, 6) is 0.262. The van der Waals surface area contributed by atoms with Gasteiger partial charge in [-0.15, -0.1) is 10.2 Å². The lowest BCUT2D eigenvalue weighted by atomic mass is 9.98. The number of ether oxygens (including phenoxy) is 5. The number of nitrogens with zero attached hydrogens (tertiary/aromatic N) is 4. The molecule has 0 aliphatic carbocycles. The minimum absolute atomic E-state index is 0.0188. The second kappa shape index (κ2) is 12.9. The molecule has 39 heavy (non-hydrogen) atoms. The summed E-state index contributed by atoms with van der Waals surface area (Å²) in [6.45, 7) is 3.92. The quantitative estimate of drug-likeness (QED) is 0.287. The molecule has 0 N–H and O–H groups in total. The van der Waals surface area contributed by atoms with E-state index in [1.54, 1.807) is 30.3 Å². The number of amides is 1. The first kappa shape index (κ1) is 29.9. The van der Waals surface area contributed by atoms with Crippen molar-refractivity contribution < 1.29 is 36.9 Å². The highest BCUT2D eigenvalue weighted by atomic mass is 32.2. The second-order valence-corrected chi connectivity index (χ2v) is 10.9. The molecule has 0 unspecified atom stereocenters. The molecule has 0 saturated carbocycles. The first-order chi connectivity index (χ1) is 18.5. The van der Waals surface area contributed by atoms with Crippen molar-refractivity contribution in [1.82, 2.24) is 19.7 Å². The van der Waals surface area contributed by atoms with Gasteiger partial charge in [-0.25, -0.2) is 8.42 Å². The molecular weight excluding hydrogens is 528 g/mol. The Morgan fingerprint density at radius 1 is 0.949 bits per heavy atom. The zero-order chi connectivity index (χ0) is 28.7. The summed E-state index contributed by atoms with van der Waals surface area (Å²) in [5, 5.41) is 7.94. The lowest BCUT2D eigenvalue weighted by Crippen LogP contribution is -2.30. The van der Waals surface area contributed by atoms with Gasteiger partial charge in [0.2, 0.25) is 15.7 Å². The highest BCUT2D eigenvalue weighted by molar-refractivity contribution is 7.92. The normalized spacial score (nSPS) is 11.5. The summed E-state index contributed by atoms with van der Waals surface area (Å²) in [4.78, 5) is 13.6. The van der Waals surface area contributed by atoms with Gasteiger partial charge in [0, 0.05) is 34.4 Å². The van der Waals surface area contributed by atoms with E-state index in [4.69, 9.17) is 23.7 Å². The zero-order valence-corrected chi connectivity index (χ0v) is 23.9. The maximum Gasteiger partial charge on any atom is 0.255 e. The molecule has 0 bridgehead atoms. The molecule has 0 fully saturated rings. The number of methoxy groups -OCH3 is 3. The smallest absolute Gasteiger partial charge is 0.255 e. The van der Waals surface area contributed by atoms with E-state index in [0.29, 0.717) is 28.5 Å². The molecule has 0 aliphatic rings. The van der Waals surface area contributed by atoms with E-state index in [1.807, 2.05) is 19.9 Å². The Morgan fingerprint density at radius 3 is 2.10 bits per heavy atom. The predicted octanol–water partition coefficient (Wildman–Crippen LogP) is 2.89. The molecule has 0 aliphatic heterocycles. The molecule has 212 valence electrons. The summed E-state index contributed by atoms with van der Waals surface area (Å²) in [7, 11) is 3.30. The van der Waals surface area contributed by atoms with Gasteiger partial charge in [0.15, 0.2) is 19.4 Å². The van der Waals surface area contributed by atoms with E-state index < -0.39 is 21.5 Å². The average Bonchev–Trinajstić information content (AvgIpc) is 3.36. The Kier molecular flexibility index (Phi) is 9.89. The maximum absolute atomic E-state index is 13.4. The Labute approximate surface area is 228 Å². The van der Waals surface area contributed by atoms with E-state index >= 15 is 0 Å². The number of carbonyl (C=O) groups is 1. The van der Waals surface area contributed by atoms with E-state index in [-0.39, 0.29) is 30.5 Å². The first-order valence-electron chi connectivity index (χ1n) is 12.0. The number of sulfone groups is 1. The minimum atomic E-state index is -4.20. The molecule has 1 amide bonds. The van der Waals surface area contributed by atoms with Crippen molar-refractivity contribution in [3.63, 3.8) is 0 Å². The summed E-state index contributed by atoms with van der Waals surface area (Å²) in [6.07, 6.45) is 0. The lowest BCUT2D eigenvalue weighted by molar-refractivity contribution is -0.125. The van der Waals surface area contributed by atoms with Crippen LogP contribution in [0.25, 0.3) is 17.1 Å². The van der Waals surface area contributed by atoms with Crippen LogP contribution in [0.3, 0.4) is 0 Å². The number of carbonyl (C=O) groups excluding carboxylic acids is 1. The molecule has 1 heterocycles. The average molecular weight is 563 g/mol.